The van der Waals surface area contributed by atoms with E-state index in [2.05, 4.69) is 103 Å². The number of nitrogens with zero attached hydrogens (tertiary/aromatic N) is 6. The van der Waals surface area contributed by atoms with Crippen molar-refractivity contribution >= 4 is 16.5 Å². The Labute approximate surface area is 313 Å². The first-order valence-electron chi connectivity index (χ1n) is 18.1. The van der Waals surface area contributed by atoms with Crippen molar-refractivity contribution < 1.29 is 0 Å². The molecule has 4 heterocycles. The molecule has 258 valence electrons. The summed E-state index contributed by atoms with van der Waals surface area (Å²) in [5.41, 5.74) is 12.7. The summed E-state index contributed by atoms with van der Waals surface area (Å²) in [5, 5.41) is 4.24. The summed E-state index contributed by atoms with van der Waals surface area (Å²) < 4.78 is 0. The molecular formula is C47H35N7. The summed E-state index contributed by atoms with van der Waals surface area (Å²) in [6.07, 6.45) is 14.6. The zero-order chi connectivity index (χ0) is 36.3. The average Bonchev–Trinajstić information content (AvgIpc) is 3.26. The number of aromatic nitrogens is 6. The topological polar surface area (TPSA) is 89.4 Å². The highest BCUT2D eigenvalue weighted by molar-refractivity contribution is 5.96. The molecule has 0 saturated carbocycles. The lowest BCUT2D eigenvalue weighted by atomic mass is 9.98. The Morgan fingerprint density at radius 1 is 0.500 bits per heavy atom. The molecule has 1 aliphatic heterocycles. The van der Waals surface area contributed by atoms with E-state index in [1.165, 1.54) is 5.56 Å². The van der Waals surface area contributed by atoms with E-state index in [-0.39, 0.29) is 0 Å². The van der Waals surface area contributed by atoms with Crippen LogP contribution in [0.4, 0.5) is 0 Å². The fraction of sp³-hybridized carbons (Fsp3) is 0.0638. The summed E-state index contributed by atoms with van der Waals surface area (Å²) >= 11 is 0. The number of hydrogen-bond donors (Lipinski definition) is 1. The molecule has 0 radical (unpaired) electrons. The van der Waals surface area contributed by atoms with Crippen LogP contribution >= 0.6 is 0 Å². The largest absolute Gasteiger partial charge is 0.387 e. The van der Waals surface area contributed by atoms with Crippen molar-refractivity contribution in [2.24, 2.45) is 0 Å². The van der Waals surface area contributed by atoms with Crippen molar-refractivity contribution in [3.63, 3.8) is 0 Å². The number of benzene rings is 5. The average molecular weight is 698 g/mol. The minimum absolute atomic E-state index is 0.582. The van der Waals surface area contributed by atoms with E-state index in [9.17, 15) is 0 Å². The SMILES string of the molecule is CCc1ccc(-c2ccc3nc(-c4cc(-c5ncc(C6=CNCC=C6)cn5)cc(-c5ncc(-c6ccccc6)cn5)c4)nc(-c4ccccc4)c3c2)cc1. The molecule has 54 heavy (non-hydrogen) atoms. The Bertz CT molecular complexity index is 2650. The first kappa shape index (κ1) is 32.8. The van der Waals surface area contributed by atoms with Crippen LogP contribution < -0.4 is 5.32 Å². The van der Waals surface area contributed by atoms with Crippen molar-refractivity contribution in [3.05, 3.63) is 176 Å². The first-order chi connectivity index (χ1) is 26.7. The van der Waals surface area contributed by atoms with Crippen LogP contribution in [0.25, 0.3) is 84.2 Å². The van der Waals surface area contributed by atoms with E-state index in [1.807, 2.05) is 73.5 Å². The second-order valence-corrected chi connectivity index (χ2v) is 13.2. The molecule has 8 aromatic rings. The third-order valence-electron chi connectivity index (χ3n) is 9.68. The number of allylic oxidation sites excluding steroid dienone is 2. The third kappa shape index (κ3) is 6.66. The summed E-state index contributed by atoms with van der Waals surface area (Å²) in [4.78, 5) is 29.7. The molecule has 0 amide bonds. The third-order valence-corrected chi connectivity index (χ3v) is 9.68. The number of rotatable bonds is 8. The quantitative estimate of drug-likeness (QED) is 0.169. The predicted molar refractivity (Wildman–Crippen MR) is 218 cm³/mol. The molecule has 3 aromatic heterocycles. The highest BCUT2D eigenvalue weighted by atomic mass is 14.9. The van der Waals surface area contributed by atoms with Gasteiger partial charge in [-0.3, -0.25) is 0 Å². The van der Waals surface area contributed by atoms with Gasteiger partial charge < -0.3 is 5.32 Å². The Balaban J connectivity index is 1.19. The minimum atomic E-state index is 0.582. The lowest BCUT2D eigenvalue weighted by molar-refractivity contribution is 0.975. The van der Waals surface area contributed by atoms with Gasteiger partial charge in [0.05, 0.1) is 11.2 Å². The van der Waals surface area contributed by atoms with Gasteiger partial charge >= 0.3 is 0 Å². The van der Waals surface area contributed by atoms with E-state index in [4.69, 9.17) is 29.9 Å². The number of fused-ring (bicyclic) bond motifs is 1. The van der Waals surface area contributed by atoms with Gasteiger partial charge in [-0.1, -0.05) is 110 Å². The van der Waals surface area contributed by atoms with Crippen LogP contribution in [0.5, 0.6) is 0 Å². The molecule has 0 atom stereocenters. The molecule has 0 bridgehead atoms. The van der Waals surface area contributed by atoms with Gasteiger partial charge in [0, 0.05) is 81.9 Å². The molecule has 7 nitrogen and oxygen atoms in total. The van der Waals surface area contributed by atoms with E-state index < -0.39 is 0 Å². The number of dihydropyridines is 1. The van der Waals surface area contributed by atoms with Crippen molar-refractivity contribution in [3.8, 4) is 67.7 Å². The fourth-order valence-electron chi connectivity index (χ4n) is 6.73. The Morgan fingerprint density at radius 2 is 1.07 bits per heavy atom. The van der Waals surface area contributed by atoms with E-state index >= 15 is 0 Å². The summed E-state index contributed by atoms with van der Waals surface area (Å²) in [6.45, 7) is 2.98. The summed E-state index contributed by atoms with van der Waals surface area (Å²) in [6, 6.07) is 41.8. The lowest BCUT2D eigenvalue weighted by Gasteiger charge is -2.13. The van der Waals surface area contributed by atoms with Crippen molar-refractivity contribution in [1.29, 1.82) is 0 Å². The number of nitrogens with one attached hydrogen (secondary N) is 1. The maximum Gasteiger partial charge on any atom is 0.160 e. The lowest BCUT2D eigenvalue weighted by Crippen LogP contribution is -2.08. The van der Waals surface area contributed by atoms with Gasteiger partial charge in [0.2, 0.25) is 0 Å². The van der Waals surface area contributed by atoms with Gasteiger partial charge in [-0.05, 0) is 59.0 Å². The predicted octanol–water partition coefficient (Wildman–Crippen LogP) is 10.3. The molecule has 1 aliphatic rings. The highest BCUT2D eigenvalue weighted by Gasteiger charge is 2.17. The van der Waals surface area contributed by atoms with Gasteiger partial charge in [-0.25, -0.2) is 29.9 Å². The molecule has 0 spiro atoms. The molecule has 0 fully saturated rings. The van der Waals surface area contributed by atoms with Crippen LogP contribution in [0.1, 0.15) is 18.1 Å². The Morgan fingerprint density at radius 3 is 1.69 bits per heavy atom. The normalized spacial score (nSPS) is 12.4. The van der Waals surface area contributed by atoms with Crippen LogP contribution in [0, 0.1) is 0 Å². The van der Waals surface area contributed by atoms with Crippen LogP contribution in [0.3, 0.4) is 0 Å². The van der Waals surface area contributed by atoms with Crippen LogP contribution in [-0.4, -0.2) is 36.4 Å². The van der Waals surface area contributed by atoms with Crippen molar-refractivity contribution in [1.82, 2.24) is 35.2 Å². The van der Waals surface area contributed by atoms with Gasteiger partial charge in [0.15, 0.2) is 17.5 Å². The van der Waals surface area contributed by atoms with Crippen LogP contribution in [0.15, 0.2) is 164 Å². The van der Waals surface area contributed by atoms with E-state index in [0.29, 0.717) is 17.5 Å². The standard InChI is InChI=1S/C47H35N7/c1-2-31-15-17-33(18-16-31)35-19-20-43-42(25-35)44(34-12-7-4-8-13-34)54-47(53-43)39-23-37(45-49-27-40(28-50-45)32-10-5-3-6-11-32)22-38(24-39)46-51-29-41(30-52-46)36-14-9-21-48-26-36/h3-20,22-30,48H,2,21H2,1H3. The van der Waals surface area contributed by atoms with E-state index in [0.717, 1.165) is 85.2 Å². The second kappa shape index (κ2) is 14.5. The van der Waals surface area contributed by atoms with Gasteiger partial charge in [-0.15, -0.1) is 0 Å². The zero-order valence-corrected chi connectivity index (χ0v) is 29.7. The monoisotopic (exact) mass is 697 g/mol. The minimum Gasteiger partial charge on any atom is -0.387 e. The molecular weight excluding hydrogens is 663 g/mol. The number of aryl methyl sites for hydroxylation is 1. The fourth-order valence-corrected chi connectivity index (χ4v) is 6.73. The smallest absolute Gasteiger partial charge is 0.160 e. The molecule has 0 unspecified atom stereocenters. The molecule has 5 aromatic carbocycles. The summed E-state index contributed by atoms with van der Waals surface area (Å²) in [5.74, 6) is 1.75. The van der Waals surface area contributed by atoms with Gasteiger partial charge in [0.1, 0.15) is 0 Å². The Hall–Kier alpha value is -7.12. The molecule has 0 aliphatic carbocycles. The van der Waals surface area contributed by atoms with Crippen molar-refractivity contribution in [2.75, 3.05) is 6.54 Å². The van der Waals surface area contributed by atoms with Crippen LogP contribution in [-0.2, 0) is 6.42 Å². The number of hydrogen-bond acceptors (Lipinski definition) is 7. The van der Waals surface area contributed by atoms with Crippen molar-refractivity contribution in [2.45, 2.75) is 13.3 Å². The van der Waals surface area contributed by atoms with Gasteiger partial charge in [-0.2, -0.15) is 0 Å². The van der Waals surface area contributed by atoms with E-state index in [1.54, 1.807) is 0 Å². The summed E-state index contributed by atoms with van der Waals surface area (Å²) in [7, 11) is 0. The maximum absolute atomic E-state index is 5.29. The molecule has 9 rings (SSSR count). The Kier molecular flexibility index (Phi) is 8.79. The first-order valence-corrected chi connectivity index (χ1v) is 18.1. The van der Waals surface area contributed by atoms with Crippen LogP contribution in [0.2, 0.25) is 0 Å². The highest BCUT2D eigenvalue weighted by Crippen LogP contribution is 2.35. The molecule has 1 N–H and O–H groups in total. The van der Waals surface area contributed by atoms with Gasteiger partial charge in [0.25, 0.3) is 0 Å². The maximum atomic E-state index is 5.29. The molecule has 7 heteroatoms. The molecule has 0 saturated heterocycles. The zero-order valence-electron chi connectivity index (χ0n) is 29.7. The second-order valence-electron chi connectivity index (χ2n) is 13.2.